The molecule has 2 aliphatic rings. The highest BCUT2D eigenvalue weighted by molar-refractivity contribution is 5.83. The number of amides is 2. The Morgan fingerprint density at radius 1 is 1.12 bits per heavy atom. The van der Waals surface area contributed by atoms with Crippen LogP contribution in [0.15, 0.2) is 54.6 Å². The van der Waals surface area contributed by atoms with Crippen LogP contribution in [0.3, 0.4) is 0 Å². The van der Waals surface area contributed by atoms with E-state index in [0.29, 0.717) is 25.9 Å². The number of hydrogen-bond acceptors (Lipinski definition) is 5. The monoisotopic (exact) mass is 450 g/mol. The molecule has 2 fully saturated rings. The summed E-state index contributed by atoms with van der Waals surface area (Å²) in [6.45, 7) is 2.76. The van der Waals surface area contributed by atoms with E-state index in [4.69, 9.17) is 4.74 Å². The van der Waals surface area contributed by atoms with Gasteiger partial charge < -0.3 is 15.4 Å². The first-order valence-corrected chi connectivity index (χ1v) is 11.7. The number of likely N-dealkylation sites (tertiary alicyclic amines) is 1. The molecule has 7 heteroatoms. The minimum Gasteiger partial charge on any atom is -0.497 e. The van der Waals surface area contributed by atoms with Crippen LogP contribution < -0.4 is 15.4 Å². The van der Waals surface area contributed by atoms with E-state index in [1.54, 1.807) is 7.11 Å². The summed E-state index contributed by atoms with van der Waals surface area (Å²) in [6, 6.07) is 18.2. The van der Waals surface area contributed by atoms with Gasteiger partial charge in [0, 0.05) is 44.7 Å². The van der Waals surface area contributed by atoms with Gasteiger partial charge in [0.2, 0.25) is 11.8 Å². The predicted molar refractivity (Wildman–Crippen MR) is 128 cm³/mol. The molecule has 4 rings (SSSR count). The molecule has 176 valence electrons. The van der Waals surface area contributed by atoms with Gasteiger partial charge in [0.25, 0.3) is 0 Å². The van der Waals surface area contributed by atoms with Gasteiger partial charge in [-0.2, -0.15) is 0 Å². The summed E-state index contributed by atoms with van der Waals surface area (Å²) in [5.41, 5.74) is 2.26. The standard InChI is InChI=1S/C26H34N4O3/c1-29-21(10-13-24(31)27-16-19-8-11-22(33-2)12-9-19)17-28-26(32)25-23(29)14-15-30(25)18-20-6-4-3-5-7-20/h3-9,11-12,21,23,25H,10,13-18H2,1-2H3,(H,27,31)(H,28,32)/t21-,23+,25-/m0/s1. The molecule has 0 aromatic heterocycles. The molecule has 3 atom stereocenters. The summed E-state index contributed by atoms with van der Waals surface area (Å²) in [6.07, 6.45) is 2.11. The van der Waals surface area contributed by atoms with Gasteiger partial charge in [-0.05, 0) is 43.1 Å². The topological polar surface area (TPSA) is 73.9 Å². The molecule has 0 aliphatic carbocycles. The maximum Gasteiger partial charge on any atom is 0.239 e. The third-order valence-corrected chi connectivity index (χ3v) is 6.93. The Morgan fingerprint density at radius 2 is 1.88 bits per heavy atom. The van der Waals surface area contributed by atoms with Crippen LogP contribution in [0.4, 0.5) is 0 Å². The molecule has 2 aromatic rings. The normalized spacial score (nSPS) is 23.5. The number of nitrogens with one attached hydrogen (secondary N) is 2. The molecule has 0 bridgehead atoms. The lowest BCUT2D eigenvalue weighted by atomic mass is 10.0. The largest absolute Gasteiger partial charge is 0.497 e. The van der Waals surface area contributed by atoms with Crippen LogP contribution in [0.25, 0.3) is 0 Å². The fraction of sp³-hybridized carbons (Fsp3) is 0.462. The Labute approximate surface area is 196 Å². The molecule has 7 nitrogen and oxygen atoms in total. The van der Waals surface area contributed by atoms with Gasteiger partial charge in [0.1, 0.15) is 11.8 Å². The van der Waals surface area contributed by atoms with Crippen LogP contribution in [0.1, 0.15) is 30.4 Å². The second-order valence-electron chi connectivity index (χ2n) is 8.98. The Kier molecular flexibility index (Phi) is 7.62. The van der Waals surface area contributed by atoms with Crippen LogP contribution in [0.2, 0.25) is 0 Å². The van der Waals surface area contributed by atoms with Crippen molar-refractivity contribution >= 4 is 11.8 Å². The number of fused-ring (bicyclic) bond motifs is 1. The molecule has 2 heterocycles. The molecule has 2 N–H and O–H groups in total. The van der Waals surface area contributed by atoms with Crippen LogP contribution in [0.5, 0.6) is 5.75 Å². The van der Waals surface area contributed by atoms with Crippen molar-refractivity contribution in [1.29, 1.82) is 0 Å². The Bertz CT molecular complexity index is 934. The third kappa shape index (κ3) is 5.72. The summed E-state index contributed by atoms with van der Waals surface area (Å²) in [4.78, 5) is 30.0. The van der Waals surface area contributed by atoms with Gasteiger partial charge in [-0.3, -0.25) is 19.4 Å². The molecular formula is C26H34N4O3. The van der Waals surface area contributed by atoms with Crippen molar-refractivity contribution in [1.82, 2.24) is 20.4 Å². The van der Waals surface area contributed by atoms with Crippen molar-refractivity contribution in [2.75, 3.05) is 27.2 Å². The molecule has 0 spiro atoms. The highest BCUT2D eigenvalue weighted by Gasteiger charge is 2.44. The van der Waals surface area contributed by atoms with E-state index in [0.717, 1.165) is 30.8 Å². The molecule has 0 unspecified atom stereocenters. The lowest BCUT2D eigenvalue weighted by Gasteiger charge is -2.33. The zero-order chi connectivity index (χ0) is 23.2. The minimum absolute atomic E-state index is 0.0310. The van der Waals surface area contributed by atoms with Gasteiger partial charge in [-0.15, -0.1) is 0 Å². The van der Waals surface area contributed by atoms with Crippen molar-refractivity contribution in [3.8, 4) is 5.75 Å². The summed E-state index contributed by atoms with van der Waals surface area (Å²) in [7, 11) is 3.74. The number of carbonyl (C=O) groups excluding carboxylic acids is 2. The summed E-state index contributed by atoms with van der Waals surface area (Å²) < 4.78 is 5.17. The van der Waals surface area contributed by atoms with Crippen molar-refractivity contribution in [3.05, 3.63) is 65.7 Å². The van der Waals surface area contributed by atoms with E-state index in [1.165, 1.54) is 5.56 Å². The lowest BCUT2D eigenvalue weighted by molar-refractivity contribution is -0.126. The first-order chi connectivity index (χ1) is 16.0. The van der Waals surface area contributed by atoms with E-state index < -0.39 is 0 Å². The van der Waals surface area contributed by atoms with Crippen LogP contribution in [-0.2, 0) is 22.7 Å². The average molecular weight is 451 g/mol. The minimum atomic E-state index is -0.149. The van der Waals surface area contributed by atoms with Gasteiger partial charge in [0.15, 0.2) is 0 Å². The summed E-state index contributed by atoms with van der Waals surface area (Å²) in [5.74, 6) is 0.936. The summed E-state index contributed by atoms with van der Waals surface area (Å²) in [5, 5.41) is 6.14. The van der Waals surface area contributed by atoms with Crippen molar-refractivity contribution in [2.24, 2.45) is 0 Å². The average Bonchev–Trinajstić information content (AvgIpc) is 3.21. The number of benzene rings is 2. The van der Waals surface area contributed by atoms with Gasteiger partial charge >= 0.3 is 0 Å². The van der Waals surface area contributed by atoms with Crippen LogP contribution in [-0.4, -0.2) is 67.0 Å². The summed E-state index contributed by atoms with van der Waals surface area (Å²) >= 11 is 0. The number of methoxy groups -OCH3 is 1. The highest BCUT2D eigenvalue weighted by Crippen LogP contribution is 2.28. The van der Waals surface area contributed by atoms with Gasteiger partial charge in [-0.1, -0.05) is 42.5 Å². The highest BCUT2D eigenvalue weighted by atomic mass is 16.5. The predicted octanol–water partition coefficient (Wildman–Crippen LogP) is 2.16. The molecule has 2 aliphatic heterocycles. The Balaban J connectivity index is 1.29. The number of carbonyl (C=O) groups is 2. The fourth-order valence-electron chi connectivity index (χ4n) is 4.97. The van der Waals surface area contributed by atoms with E-state index in [9.17, 15) is 9.59 Å². The molecule has 2 aromatic carbocycles. The van der Waals surface area contributed by atoms with E-state index in [-0.39, 0.29) is 29.9 Å². The first-order valence-electron chi connectivity index (χ1n) is 11.7. The lowest BCUT2D eigenvalue weighted by Crippen LogP contribution is -2.49. The zero-order valence-electron chi connectivity index (χ0n) is 19.5. The number of ether oxygens (including phenoxy) is 1. The maximum atomic E-state index is 13.0. The van der Waals surface area contributed by atoms with Crippen LogP contribution in [0, 0.1) is 0 Å². The number of nitrogens with zero attached hydrogens (tertiary/aromatic N) is 2. The van der Waals surface area contributed by atoms with E-state index in [1.807, 2.05) is 42.5 Å². The number of rotatable bonds is 8. The van der Waals surface area contributed by atoms with E-state index >= 15 is 0 Å². The fourth-order valence-corrected chi connectivity index (χ4v) is 4.97. The SMILES string of the molecule is COc1ccc(CNC(=O)CC[C@H]2CNC(=O)[C@@H]3[C@@H](CCN3Cc3ccccc3)N2C)cc1. The zero-order valence-corrected chi connectivity index (χ0v) is 19.5. The molecule has 33 heavy (non-hydrogen) atoms. The Morgan fingerprint density at radius 3 is 2.61 bits per heavy atom. The number of likely N-dealkylation sites (N-methyl/N-ethyl adjacent to an activating group) is 1. The van der Waals surface area contributed by atoms with Gasteiger partial charge in [-0.25, -0.2) is 0 Å². The maximum absolute atomic E-state index is 13.0. The van der Waals surface area contributed by atoms with Crippen molar-refractivity contribution in [2.45, 2.75) is 50.5 Å². The molecular weight excluding hydrogens is 416 g/mol. The first kappa shape index (κ1) is 23.3. The third-order valence-electron chi connectivity index (χ3n) is 6.93. The molecule has 2 saturated heterocycles. The van der Waals surface area contributed by atoms with Crippen LogP contribution >= 0.6 is 0 Å². The van der Waals surface area contributed by atoms with Gasteiger partial charge in [0.05, 0.1) is 7.11 Å². The molecule has 2 amide bonds. The second kappa shape index (κ2) is 10.8. The molecule has 0 radical (unpaired) electrons. The van der Waals surface area contributed by atoms with E-state index in [2.05, 4.69) is 39.6 Å². The second-order valence-corrected chi connectivity index (χ2v) is 8.98. The smallest absolute Gasteiger partial charge is 0.239 e. The van der Waals surface area contributed by atoms with Crippen molar-refractivity contribution < 1.29 is 14.3 Å². The molecule has 0 saturated carbocycles. The number of hydrogen-bond donors (Lipinski definition) is 2. The quantitative estimate of drug-likeness (QED) is 0.645. The Hall–Kier alpha value is -2.90. The van der Waals surface area contributed by atoms with Crippen molar-refractivity contribution in [3.63, 3.8) is 0 Å².